The van der Waals surface area contributed by atoms with Crippen molar-refractivity contribution in [1.82, 2.24) is 5.32 Å². The molecule has 1 amide bonds. The Balaban J connectivity index is 1.87. The molecule has 0 aromatic heterocycles. The maximum Gasteiger partial charge on any atom is 0.264 e. The number of hydrogen-bond donors (Lipinski definition) is 1. The molecule has 26 heavy (non-hydrogen) atoms. The van der Waals surface area contributed by atoms with Crippen molar-refractivity contribution in [2.24, 2.45) is 4.99 Å². The summed E-state index contributed by atoms with van der Waals surface area (Å²) in [4.78, 5) is 16.9. The lowest BCUT2D eigenvalue weighted by Crippen LogP contribution is -2.19. The Morgan fingerprint density at radius 2 is 1.92 bits per heavy atom. The van der Waals surface area contributed by atoms with Gasteiger partial charge in [0.05, 0.1) is 29.8 Å². The van der Waals surface area contributed by atoms with Crippen LogP contribution in [0, 0.1) is 5.82 Å². The van der Waals surface area contributed by atoms with Gasteiger partial charge in [-0.25, -0.2) is 9.38 Å². The number of halogens is 2. The highest BCUT2D eigenvalue weighted by Crippen LogP contribution is 2.37. The van der Waals surface area contributed by atoms with E-state index in [-0.39, 0.29) is 11.7 Å². The van der Waals surface area contributed by atoms with Crippen molar-refractivity contribution in [2.45, 2.75) is 0 Å². The number of carbonyl (C=O) groups excluding carboxylic acids is 1. The van der Waals surface area contributed by atoms with Gasteiger partial charge >= 0.3 is 0 Å². The third kappa shape index (κ3) is 4.00. The van der Waals surface area contributed by atoms with Crippen molar-refractivity contribution in [1.29, 1.82) is 0 Å². The highest BCUT2D eigenvalue weighted by molar-refractivity contribution is 8.18. The van der Waals surface area contributed by atoms with E-state index < -0.39 is 0 Å². The van der Waals surface area contributed by atoms with E-state index in [1.807, 2.05) is 0 Å². The number of benzene rings is 2. The zero-order valence-corrected chi connectivity index (χ0v) is 15.5. The molecule has 1 saturated heterocycles. The molecule has 8 heteroatoms. The summed E-state index contributed by atoms with van der Waals surface area (Å²) in [6.45, 7) is 0. The molecule has 3 rings (SSSR count). The highest BCUT2D eigenvalue weighted by Gasteiger charge is 2.24. The first kappa shape index (κ1) is 18.3. The largest absolute Gasteiger partial charge is 0.493 e. The van der Waals surface area contributed by atoms with Crippen LogP contribution >= 0.6 is 23.4 Å². The molecule has 5 nitrogen and oxygen atoms in total. The molecule has 2 aromatic rings. The van der Waals surface area contributed by atoms with Gasteiger partial charge in [-0.3, -0.25) is 4.79 Å². The van der Waals surface area contributed by atoms with Gasteiger partial charge < -0.3 is 14.8 Å². The second-order valence-electron chi connectivity index (χ2n) is 5.20. The number of aliphatic imine (C=N–C) groups is 1. The summed E-state index contributed by atoms with van der Waals surface area (Å²) in [6, 6.07) is 9.09. The van der Waals surface area contributed by atoms with Crippen LogP contribution in [-0.2, 0) is 4.79 Å². The molecule has 0 unspecified atom stereocenters. The molecule has 0 aliphatic carbocycles. The molecule has 0 atom stereocenters. The fraction of sp³-hybridized carbons (Fsp3) is 0.111. The Kier molecular flexibility index (Phi) is 5.49. The molecular formula is C18H14ClFN2O3S. The first-order valence-corrected chi connectivity index (χ1v) is 8.66. The predicted octanol–water partition coefficient (Wildman–Crippen LogP) is 4.39. The molecule has 1 N–H and O–H groups in total. The van der Waals surface area contributed by atoms with Gasteiger partial charge in [0.15, 0.2) is 16.7 Å². The molecular weight excluding hydrogens is 379 g/mol. The Hall–Kier alpha value is -2.51. The van der Waals surface area contributed by atoms with E-state index in [1.165, 1.54) is 50.2 Å². The lowest BCUT2D eigenvalue weighted by molar-refractivity contribution is -0.115. The summed E-state index contributed by atoms with van der Waals surface area (Å²) >= 11 is 7.37. The van der Waals surface area contributed by atoms with E-state index in [0.29, 0.717) is 37.8 Å². The summed E-state index contributed by atoms with van der Waals surface area (Å²) < 4.78 is 23.4. The average Bonchev–Trinajstić information content (AvgIpc) is 2.95. The summed E-state index contributed by atoms with van der Waals surface area (Å²) in [5.74, 6) is 0.276. The van der Waals surface area contributed by atoms with Gasteiger partial charge in [-0.1, -0.05) is 11.6 Å². The fourth-order valence-corrected chi connectivity index (χ4v) is 3.42. The average molecular weight is 393 g/mol. The topological polar surface area (TPSA) is 59.9 Å². The summed E-state index contributed by atoms with van der Waals surface area (Å²) in [7, 11) is 3.01. The Bertz CT molecular complexity index is 913. The van der Waals surface area contributed by atoms with Crippen molar-refractivity contribution in [3.63, 3.8) is 0 Å². The lowest BCUT2D eigenvalue weighted by atomic mass is 10.2. The van der Waals surface area contributed by atoms with Crippen LogP contribution in [0.5, 0.6) is 11.5 Å². The number of amidine groups is 1. The van der Waals surface area contributed by atoms with Crippen molar-refractivity contribution >= 4 is 46.2 Å². The Morgan fingerprint density at radius 3 is 2.58 bits per heavy atom. The molecule has 0 spiro atoms. The first-order valence-electron chi connectivity index (χ1n) is 7.47. The van der Waals surface area contributed by atoms with Crippen LogP contribution in [0.2, 0.25) is 5.02 Å². The van der Waals surface area contributed by atoms with E-state index in [2.05, 4.69) is 10.3 Å². The number of amides is 1. The van der Waals surface area contributed by atoms with Gasteiger partial charge in [-0.2, -0.15) is 0 Å². The quantitative estimate of drug-likeness (QED) is 0.784. The molecule has 1 fully saturated rings. The molecule has 2 aromatic carbocycles. The second kappa shape index (κ2) is 7.80. The number of ether oxygens (including phenoxy) is 2. The zero-order chi connectivity index (χ0) is 18.7. The minimum atomic E-state index is -0.344. The molecule has 1 aliphatic heterocycles. The Morgan fingerprint density at radius 1 is 1.19 bits per heavy atom. The SMILES string of the molecule is COc1cc(/C=C2/SC(=Nc3ccc(F)cc3)NC2=O)cc(Cl)c1OC. The fourth-order valence-electron chi connectivity index (χ4n) is 2.29. The van der Waals surface area contributed by atoms with Crippen molar-refractivity contribution < 1.29 is 18.7 Å². The number of nitrogens with one attached hydrogen (secondary N) is 1. The van der Waals surface area contributed by atoms with Gasteiger partial charge in [0.25, 0.3) is 5.91 Å². The molecule has 1 heterocycles. The summed E-state index contributed by atoms with van der Waals surface area (Å²) in [5.41, 5.74) is 1.23. The number of methoxy groups -OCH3 is 2. The van der Waals surface area contributed by atoms with E-state index in [9.17, 15) is 9.18 Å². The number of nitrogens with zero attached hydrogens (tertiary/aromatic N) is 1. The molecule has 0 saturated carbocycles. The van der Waals surface area contributed by atoms with Gasteiger partial charge in [-0.15, -0.1) is 0 Å². The standard InChI is InChI=1S/C18H14ClFN2O3S/c1-24-14-8-10(7-13(19)16(14)25-2)9-15-17(23)22-18(26-15)21-12-5-3-11(20)4-6-12/h3-9H,1-2H3,(H,21,22,23)/b15-9+. The number of thioether (sulfide) groups is 1. The van der Waals surface area contributed by atoms with Crippen LogP contribution in [-0.4, -0.2) is 25.3 Å². The van der Waals surface area contributed by atoms with Gasteiger partial charge in [0.1, 0.15) is 5.82 Å². The van der Waals surface area contributed by atoms with Crippen molar-refractivity contribution in [3.8, 4) is 11.5 Å². The van der Waals surface area contributed by atoms with Gasteiger partial charge in [-0.05, 0) is 59.8 Å². The molecule has 0 radical (unpaired) electrons. The third-order valence-corrected chi connectivity index (χ3v) is 4.65. The van der Waals surface area contributed by atoms with E-state index in [0.717, 1.165) is 0 Å². The smallest absolute Gasteiger partial charge is 0.264 e. The maximum absolute atomic E-state index is 13.0. The third-order valence-electron chi connectivity index (χ3n) is 3.46. The zero-order valence-electron chi connectivity index (χ0n) is 13.9. The predicted molar refractivity (Wildman–Crippen MR) is 102 cm³/mol. The van der Waals surface area contributed by atoms with E-state index in [1.54, 1.807) is 18.2 Å². The normalized spacial score (nSPS) is 16.8. The minimum Gasteiger partial charge on any atom is -0.493 e. The molecule has 134 valence electrons. The Labute approximate surface area is 158 Å². The van der Waals surface area contributed by atoms with Crippen LogP contribution in [0.4, 0.5) is 10.1 Å². The van der Waals surface area contributed by atoms with Crippen molar-refractivity contribution in [3.05, 3.63) is 57.7 Å². The van der Waals surface area contributed by atoms with Crippen LogP contribution in [0.1, 0.15) is 5.56 Å². The van der Waals surface area contributed by atoms with Crippen LogP contribution in [0.15, 0.2) is 46.3 Å². The van der Waals surface area contributed by atoms with Crippen molar-refractivity contribution in [2.75, 3.05) is 14.2 Å². The van der Waals surface area contributed by atoms with E-state index in [4.69, 9.17) is 21.1 Å². The second-order valence-corrected chi connectivity index (χ2v) is 6.63. The highest BCUT2D eigenvalue weighted by atomic mass is 35.5. The number of hydrogen-bond acceptors (Lipinski definition) is 5. The number of rotatable bonds is 4. The summed E-state index contributed by atoms with van der Waals surface area (Å²) in [6.07, 6.45) is 1.68. The van der Waals surface area contributed by atoms with Crippen LogP contribution < -0.4 is 14.8 Å². The summed E-state index contributed by atoms with van der Waals surface area (Å²) in [5, 5.41) is 3.47. The maximum atomic E-state index is 13.0. The van der Waals surface area contributed by atoms with Crippen LogP contribution in [0.3, 0.4) is 0 Å². The van der Waals surface area contributed by atoms with Gasteiger partial charge in [0.2, 0.25) is 0 Å². The minimum absolute atomic E-state index is 0.276. The van der Waals surface area contributed by atoms with E-state index >= 15 is 0 Å². The molecule has 0 bridgehead atoms. The lowest BCUT2D eigenvalue weighted by Gasteiger charge is -2.10. The monoisotopic (exact) mass is 392 g/mol. The molecule has 1 aliphatic rings. The van der Waals surface area contributed by atoms with Crippen LogP contribution in [0.25, 0.3) is 6.08 Å². The van der Waals surface area contributed by atoms with Gasteiger partial charge in [0, 0.05) is 0 Å². The first-order chi connectivity index (χ1) is 12.5. The number of carbonyl (C=O) groups is 1.